The van der Waals surface area contributed by atoms with Gasteiger partial charge in [-0.3, -0.25) is 0 Å². The van der Waals surface area contributed by atoms with Crippen LogP contribution in [0.5, 0.6) is 0 Å². The van der Waals surface area contributed by atoms with Crippen LogP contribution in [0.2, 0.25) is 0 Å². The topological polar surface area (TPSA) is 73.9 Å². The van der Waals surface area contributed by atoms with Gasteiger partial charge in [-0.25, -0.2) is 13.2 Å². The Kier molecular flexibility index (Phi) is 6.33. The number of nitriles is 1. The third-order valence-corrected chi connectivity index (χ3v) is 3.59. The molecule has 4 nitrogen and oxygen atoms in total. The van der Waals surface area contributed by atoms with Gasteiger partial charge in [0.15, 0.2) is 16.7 Å². The van der Waals surface area contributed by atoms with Crippen molar-refractivity contribution in [2.45, 2.75) is 12.5 Å². The van der Waals surface area contributed by atoms with Crippen LogP contribution >= 0.6 is 12.2 Å². The van der Waals surface area contributed by atoms with Crippen LogP contribution < -0.4 is 16.4 Å². The number of nitrogens with one attached hydrogen (secondary N) is 2. The summed E-state index contributed by atoms with van der Waals surface area (Å²) in [6.07, 6.45) is 0.0164. The molecular weight excluding hydrogens is 349 g/mol. The summed E-state index contributed by atoms with van der Waals surface area (Å²) in [5.74, 6) is -3.20. The monoisotopic (exact) mass is 364 g/mol. The summed E-state index contributed by atoms with van der Waals surface area (Å²) >= 11 is 5.12. The highest BCUT2D eigenvalue weighted by atomic mass is 32.1. The van der Waals surface area contributed by atoms with E-state index in [1.54, 1.807) is 24.3 Å². The van der Waals surface area contributed by atoms with Crippen molar-refractivity contribution < 1.29 is 13.2 Å². The van der Waals surface area contributed by atoms with Crippen molar-refractivity contribution in [2.75, 3.05) is 11.9 Å². The van der Waals surface area contributed by atoms with Crippen molar-refractivity contribution in [3.8, 4) is 6.07 Å². The molecule has 0 amide bonds. The van der Waals surface area contributed by atoms with Crippen LogP contribution in [0, 0.1) is 28.8 Å². The first kappa shape index (κ1) is 18.7. The number of anilines is 1. The second-order valence-corrected chi connectivity index (χ2v) is 5.76. The summed E-state index contributed by atoms with van der Waals surface area (Å²) in [5, 5.41) is 14.9. The summed E-state index contributed by atoms with van der Waals surface area (Å²) in [6.45, 7) is 0.197. The molecule has 0 unspecified atom stereocenters. The number of benzene rings is 2. The number of thiocarbonyl (C=S) groups is 1. The first-order valence-corrected chi connectivity index (χ1v) is 7.74. The van der Waals surface area contributed by atoms with Crippen LogP contribution in [0.1, 0.15) is 11.1 Å². The number of rotatable bonds is 5. The van der Waals surface area contributed by atoms with Gasteiger partial charge in [0.1, 0.15) is 5.82 Å². The van der Waals surface area contributed by atoms with E-state index in [-0.39, 0.29) is 23.6 Å². The molecule has 4 N–H and O–H groups in total. The molecule has 0 aliphatic heterocycles. The van der Waals surface area contributed by atoms with E-state index in [1.807, 2.05) is 6.07 Å². The van der Waals surface area contributed by atoms with E-state index in [1.165, 1.54) is 0 Å². The maximum absolute atomic E-state index is 13.6. The van der Waals surface area contributed by atoms with Crippen molar-refractivity contribution in [1.82, 2.24) is 5.32 Å². The maximum atomic E-state index is 13.6. The Morgan fingerprint density at radius 3 is 2.60 bits per heavy atom. The molecule has 0 aromatic heterocycles. The molecule has 2 aromatic carbocycles. The fraction of sp³-hybridized carbons (Fsp3) is 0.176. The largest absolute Gasteiger partial charge is 0.361 e. The molecule has 25 heavy (non-hydrogen) atoms. The Morgan fingerprint density at radius 1 is 1.16 bits per heavy atom. The van der Waals surface area contributed by atoms with Crippen LogP contribution in [-0.2, 0) is 6.42 Å². The van der Waals surface area contributed by atoms with E-state index in [9.17, 15) is 13.2 Å². The minimum atomic E-state index is -1.24. The molecule has 0 bridgehead atoms. The summed E-state index contributed by atoms with van der Waals surface area (Å²) in [6, 6.07) is 9.49. The summed E-state index contributed by atoms with van der Waals surface area (Å²) < 4.78 is 39.7. The van der Waals surface area contributed by atoms with Crippen molar-refractivity contribution in [2.24, 2.45) is 5.73 Å². The lowest BCUT2D eigenvalue weighted by molar-refractivity contribution is 0.486. The molecule has 130 valence electrons. The van der Waals surface area contributed by atoms with Gasteiger partial charge in [0.25, 0.3) is 0 Å². The van der Waals surface area contributed by atoms with E-state index in [4.69, 9.17) is 23.2 Å². The molecule has 0 spiro atoms. The average molecular weight is 364 g/mol. The van der Waals surface area contributed by atoms with Gasteiger partial charge in [0.05, 0.1) is 11.6 Å². The third kappa shape index (κ3) is 5.45. The van der Waals surface area contributed by atoms with Gasteiger partial charge in [0.2, 0.25) is 0 Å². The summed E-state index contributed by atoms with van der Waals surface area (Å²) in [5.41, 5.74) is 6.99. The quantitative estimate of drug-likeness (QED) is 0.562. The van der Waals surface area contributed by atoms with E-state index in [0.717, 1.165) is 6.07 Å². The van der Waals surface area contributed by atoms with Gasteiger partial charge in [-0.2, -0.15) is 5.26 Å². The Balaban J connectivity index is 1.87. The molecule has 8 heteroatoms. The van der Waals surface area contributed by atoms with Crippen molar-refractivity contribution in [3.63, 3.8) is 0 Å². The van der Waals surface area contributed by atoms with Crippen molar-refractivity contribution in [3.05, 3.63) is 65.0 Å². The zero-order chi connectivity index (χ0) is 18.4. The minimum Gasteiger partial charge on any atom is -0.361 e. The highest BCUT2D eigenvalue weighted by molar-refractivity contribution is 7.80. The van der Waals surface area contributed by atoms with Gasteiger partial charge in [0, 0.05) is 24.3 Å². The fourth-order valence-corrected chi connectivity index (χ4v) is 2.34. The van der Waals surface area contributed by atoms with Crippen LogP contribution in [0.25, 0.3) is 0 Å². The van der Waals surface area contributed by atoms with Gasteiger partial charge in [-0.05, 0) is 48.5 Å². The highest BCUT2D eigenvalue weighted by Gasteiger charge is 2.13. The predicted molar refractivity (Wildman–Crippen MR) is 93.4 cm³/mol. The first-order chi connectivity index (χ1) is 11.9. The first-order valence-electron chi connectivity index (χ1n) is 7.33. The van der Waals surface area contributed by atoms with Crippen LogP contribution in [0.15, 0.2) is 36.4 Å². The number of hydrogen-bond acceptors (Lipinski definition) is 3. The lowest BCUT2D eigenvalue weighted by Crippen LogP contribution is -2.40. The zero-order valence-corrected chi connectivity index (χ0v) is 13.8. The Morgan fingerprint density at radius 2 is 1.88 bits per heavy atom. The molecule has 2 rings (SSSR count). The number of nitrogens with zero attached hydrogens (tertiary/aromatic N) is 1. The molecule has 0 fully saturated rings. The number of nitrogens with two attached hydrogens (primary N) is 1. The van der Waals surface area contributed by atoms with Crippen molar-refractivity contribution in [1.29, 1.82) is 5.26 Å². The Hall–Kier alpha value is -2.63. The Labute approximate surface area is 148 Å². The van der Waals surface area contributed by atoms with Crippen LogP contribution in [-0.4, -0.2) is 17.7 Å². The molecule has 0 heterocycles. The maximum Gasteiger partial charge on any atom is 0.170 e. The zero-order valence-electron chi connectivity index (χ0n) is 13.0. The van der Waals surface area contributed by atoms with Gasteiger partial charge < -0.3 is 16.4 Å². The van der Waals surface area contributed by atoms with E-state index >= 15 is 0 Å². The molecule has 0 radical (unpaired) electrons. The lowest BCUT2D eigenvalue weighted by atomic mass is 10.1. The molecular formula is C17H15F3N4S. The van der Waals surface area contributed by atoms with E-state index in [2.05, 4.69) is 10.6 Å². The van der Waals surface area contributed by atoms with Gasteiger partial charge in [-0.15, -0.1) is 0 Å². The number of halogens is 3. The van der Waals surface area contributed by atoms with Gasteiger partial charge in [-0.1, -0.05) is 6.07 Å². The summed E-state index contributed by atoms with van der Waals surface area (Å²) in [7, 11) is 0. The SMILES string of the molecule is N#Cc1cccc(NC(=S)NC[C@H](N)Cc2cc(F)c(F)cc2F)c1. The van der Waals surface area contributed by atoms with Gasteiger partial charge >= 0.3 is 0 Å². The second kappa shape index (κ2) is 8.46. The van der Waals surface area contributed by atoms with Crippen LogP contribution in [0.4, 0.5) is 18.9 Å². The van der Waals surface area contributed by atoms with E-state index < -0.39 is 23.5 Å². The highest BCUT2D eigenvalue weighted by Crippen LogP contribution is 2.15. The summed E-state index contributed by atoms with van der Waals surface area (Å²) in [4.78, 5) is 0. The second-order valence-electron chi connectivity index (χ2n) is 5.35. The van der Waals surface area contributed by atoms with Crippen LogP contribution in [0.3, 0.4) is 0 Å². The molecule has 0 saturated carbocycles. The smallest absolute Gasteiger partial charge is 0.170 e. The fourth-order valence-electron chi connectivity index (χ4n) is 2.14. The molecule has 0 aliphatic rings. The third-order valence-electron chi connectivity index (χ3n) is 3.35. The number of hydrogen-bond donors (Lipinski definition) is 3. The lowest BCUT2D eigenvalue weighted by Gasteiger charge is -2.16. The minimum absolute atomic E-state index is 0.00574. The predicted octanol–water partition coefficient (Wildman–Crippen LogP) is 2.83. The average Bonchev–Trinajstić information content (AvgIpc) is 2.58. The standard InChI is InChI=1S/C17H15F3N4S/c18-14-7-16(20)15(19)6-11(14)5-12(22)9-23-17(25)24-13-3-1-2-10(4-13)8-21/h1-4,6-7,12H,5,9,22H2,(H2,23,24,25)/t12-/m1/s1. The normalized spacial score (nSPS) is 11.5. The van der Waals surface area contributed by atoms with Crippen molar-refractivity contribution >= 4 is 23.0 Å². The molecule has 0 saturated heterocycles. The molecule has 0 aliphatic carbocycles. The van der Waals surface area contributed by atoms with E-state index in [0.29, 0.717) is 17.3 Å². The molecule has 2 aromatic rings. The Bertz CT molecular complexity index is 820. The molecule has 1 atom stereocenters.